The van der Waals surface area contributed by atoms with Gasteiger partial charge in [-0.05, 0) is 19.9 Å². The first-order valence-corrected chi connectivity index (χ1v) is 8.19. The molecular weight excluding hydrogens is 332 g/mol. The number of aromatic nitrogens is 5. The van der Waals surface area contributed by atoms with Gasteiger partial charge < -0.3 is 15.4 Å². The Morgan fingerprint density at radius 1 is 1.31 bits per heavy atom. The standard InChI is InChI=1S/C18H18N6O2/c1-18(2,10-25)23-17(26)12-8-19-16-15(12)22-14(9-20-16)24-13-6-4-3-5-11(13)7-21-24/h3-9,25H,10H2,1-2H3,(H,19,20)(H,23,26). The minimum atomic E-state index is -0.732. The molecule has 0 bridgehead atoms. The fraction of sp³-hybridized carbons (Fsp3) is 0.222. The van der Waals surface area contributed by atoms with E-state index in [0.717, 1.165) is 10.9 Å². The van der Waals surface area contributed by atoms with Gasteiger partial charge in [0.2, 0.25) is 0 Å². The zero-order chi connectivity index (χ0) is 18.3. The van der Waals surface area contributed by atoms with Crippen LogP contribution in [0.2, 0.25) is 0 Å². The Labute approximate surface area is 148 Å². The SMILES string of the molecule is CC(C)(CO)NC(=O)c1c[nH]c2ncc(-n3ncc4ccccc43)nc12. The van der Waals surface area contributed by atoms with Crippen molar-refractivity contribution in [1.82, 2.24) is 30.0 Å². The second-order valence-corrected chi connectivity index (χ2v) is 6.74. The summed E-state index contributed by atoms with van der Waals surface area (Å²) in [6, 6.07) is 7.79. The zero-order valence-corrected chi connectivity index (χ0v) is 14.4. The number of aliphatic hydroxyl groups excluding tert-OH is 1. The number of rotatable bonds is 4. The lowest BCUT2D eigenvalue weighted by molar-refractivity contribution is 0.0871. The first-order chi connectivity index (χ1) is 12.5. The summed E-state index contributed by atoms with van der Waals surface area (Å²) in [7, 11) is 0. The minimum absolute atomic E-state index is 0.169. The van der Waals surface area contributed by atoms with Crippen molar-refractivity contribution < 1.29 is 9.90 Å². The van der Waals surface area contributed by atoms with Crippen LogP contribution in [0.4, 0.5) is 0 Å². The van der Waals surface area contributed by atoms with Crippen LogP contribution in [-0.2, 0) is 0 Å². The smallest absolute Gasteiger partial charge is 0.255 e. The molecule has 0 aliphatic heterocycles. The van der Waals surface area contributed by atoms with E-state index in [2.05, 4.69) is 25.4 Å². The number of amides is 1. The third-order valence-corrected chi connectivity index (χ3v) is 4.15. The molecule has 0 aliphatic carbocycles. The monoisotopic (exact) mass is 350 g/mol. The van der Waals surface area contributed by atoms with E-state index in [1.165, 1.54) is 0 Å². The van der Waals surface area contributed by atoms with Crippen molar-refractivity contribution in [1.29, 1.82) is 0 Å². The molecule has 132 valence electrons. The molecule has 4 rings (SSSR count). The van der Waals surface area contributed by atoms with Gasteiger partial charge in [0.05, 0.1) is 35.6 Å². The highest BCUT2D eigenvalue weighted by molar-refractivity contribution is 6.04. The van der Waals surface area contributed by atoms with Gasteiger partial charge in [-0.15, -0.1) is 0 Å². The molecule has 0 saturated carbocycles. The van der Waals surface area contributed by atoms with E-state index in [9.17, 15) is 9.90 Å². The van der Waals surface area contributed by atoms with E-state index < -0.39 is 5.54 Å². The highest BCUT2D eigenvalue weighted by atomic mass is 16.3. The molecule has 0 unspecified atom stereocenters. The molecule has 1 amide bonds. The van der Waals surface area contributed by atoms with Gasteiger partial charge in [0.25, 0.3) is 5.91 Å². The lowest BCUT2D eigenvalue weighted by Crippen LogP contribution is -2.46. The third-order valence-electron chi connectivity index (χ3n) is 4.15. The van der Waals surface area contributed by atoms with E-state index in [-0.39, 0.29) is 12.5 Å². The summed E-state index contributed by atoms with van der Waals surface area (Å²) in [4.78, 5) is 24.5. The molecule has 0 saturated heterocycles. The van der Waals surface area contributed by atoms with Gasteiger partial charge >= 0.3 is 0 Å². The number of H-pyrrole nitrogens is 1. The van der Waals surface area contributed by atoms with Crippen LogP contribution in [0.1, 0.15) is 24.2 Å². The molecule has 8 heteroatoms. The van der Waals surface area contributed by atoms with E-state index in [1.807, 2.05) is 24.3 Å². The summed E-state index contributed by atoms with van der Waals surface area (Å²) in [6.45, 7) is 3.32. The van der Waals surface area contributed by atoms with Crippen molar-refractivity contribution in [2.45, 2.75) is 19.4 Å². The summed E-state index contributed by atoms with van der Waals surface area (Å²) in [5, 5.41) is 17.5. The Kier molecular flexibility index (Phi) is 3.69. The molecule has 26 heavy (non-hydrogen) atoms. The van der Waals surface area contributed by atoms with Gasteiger partial charge in [0, 0.05) is 11.6 Å². The number of nitrogens with one attached hydrogen (secondary N) is 2. The summed E-state index contributed by atoms with van der Waals surface area (Å²) in [6.07, 6.45) is 4.94. The second-order valence-electron chi connectivity index (χ2n) is 6.74. The Morgan fingerprint density at radius 3 is 2.92 bits per heavy atom. The lowest BCUT2D eigenvalue weighted by Gasteiger charge is -2.23. The zero-order valence-electron chi connectivity index (χ0n) is 14.4. The summed E-state index contributed by atoms with van der Waals surface area (Å²) in [5.74, 6) is 0.195. The highest BCUT2D eigenvalue weighted by Gasteiger charge is 2.23. The highest BCUT2D eigenvalue weighted by Crippen LogP contribution is 2.20. The molecule has 0 spiro atoms. The average Bonchev–Trinajstić information content (AvgIpc) is 3.25. The van der Waals surface area contributed by atoms with Crippen LogP contribution in [-0.4, -0.2) is 47.9 Å². The van der Waals surface area contributed by atoms with Crippen molar-refractivity contribution in [3.63, 3.8) is 0 Å². The summed E-state index contributed by atoms with van der Waals surface area (Å²) in [5.41, 5.74) is 1.51. The number of hydrogen-bond donors (Lipinski definition) is 3. The average molecular weight is 350 g/mol. The predicted molar refractivity (Wildman–Crippen MR) is 97.1 cm³/mol. The Hall–Kier alpha value is -3.26. The number of hydrogen-bond acceptors (Lipinski definition) is 5. The number of carbonyl (C=O) groups excluding carboxylic acids is 1. The largest absolute Gasteiger partial charge is 0.394 e. The van der Waals surface area contributed by atoms with Crippen molar-refractivity contribution in [2.24, 2.45) is 0 Å². The first-order valence-electron chi connectivity index (χ1n) is 8.19. The number of para-hydroxylation sites is 1. The van der Waals surface area contributed by atoms with Crippen LogP contribution in [0.3, 0.4) is 0 Å². The van der Waals surface area contributed by atoms with Crippen LogP contribution in [0.25, 0.3) is 27.9 Å². The quantitative estimate of drug-likeness (QED) is 0.520. The van der Waals surface area contributed by atoms with Crippen LogP contribution in [0.15, 0.2) is 42.9 Å². The van der Waals surface area contributed by atoms with Gasteiger partial charge in [0.15, 0.2) is 11.5 Å². The molecule has 3 heterocycles. The number of nitrogens with zero attached hydrogens (tertiary/aromatic N) is 4. The van der Waals surface area contributed by atoms with E-state index >= 15 is 0 Å². The second kappa shape index (κ2) is 5.92. The fourth-order valence-electron chi connectivity index (χ4n) is 2.73. The first kappa shape index (κ1) is 16.2. The molecule has 4 aromatic rings. The van der Waals surface area contributed by atoms with E-state index in [1.54, 1.807) is 37.1 Å². The van der Waals surface area contributed by atoms with Gasteiger partial charge in [-0.25, -0.2) is 14.6 Å². The minimum Gasteiger partial charge on any atom is -0.394 e. The number of carbonyl (C=O) groups is 1. The molecule has 0 fully saturated rings. The van der Waals surface area contributed by atoms with Crippen LogP contribution in [0.5, 0.6) is 0 Å². The maximum Gasteiger partial charge on any atom is 0.255 e. The molecule has 0 atom stereocenters. The van der Waals surface area contributed by atoms with Gasteiger partial charge in [-0.2, -0.15) is 5.10 Å². The molecule has 0 aliphatic rings. The van der Waals surface area contributed by atoms with Gasteiger partial charge in [-0.1, -0.05) is 18.2 Å². The molecule has 0 radical (unpaired) electrons. The van der Waals surface area contributed by atoms with Gasteiger partial charge in [-0.3, -0.25) is 4.79 Å². The van der Waals surface area contributed by atoms with Crippen LogP contribution < -0.4 is 5.32 Å². The Bertz CT molecular complexity index is 1110. The van der Waals surface area contributed by atoms with Crippen molar-refractivity contribution in [3.8, 4) is 5.82 Å². The predicted octanol–water partition coefficient (Wildman–Crippen LogP) is 1.80. The van der Waals surface area contributed by atoms with Crippen molar-refractivity contribution in [3.05, 3.63) is 48.4 Å². The van der Waals surface area contributed by atoms with Crippen molar-refractivity contribution >= 4 is 28.0 Å². The Balaban J connectivity index is 1.79. The molecule has 1 aromatic carbocycles. The number of aliphatic hydroxyl groups is 1. The van der Waals surface area contributed by atoms with Gasteiger partial charge in [0.1, 0.15) is 5.52 Å². The Morgan fingerprint density at radius 2 is 2.12 bits per heavy atom. The maximum atomic E-state index is 12.6. The number of fused-ring (bicyclic) bond motifs is 2. The molecule has 8 nitrogen and oxygen atoms in total. The van der Waals surface area contributed by atoms with E-state index in [4.69, 9.17) is 0 Å². The third kappa shape index (κ3) is 2.70. The molecule has 3 aromatic heterocycles. The van der Waals surface area contributed by atoms with Crippen LogP contribution >= 0.6 is 0 Å². The summed E-state index contributed by atoms with van der Waals surface area (Å²) >= 11 is 0. The normalized spacial score (nSPS) is 12.0. The van der Waals surface area contributed by atoms with Crippen LogP contribution in [0, 0.1) is 0 Å². The van der Waals surface area contributed by atoms with E-state index in [0.29, 0.717) is 22.5 Å². The lowest BCUT2D eigenvalue weighted by atomic mass is 10.1. The molecular formula is C18H18N6O2. The number of aromatic amines is 1. The summed E-state index contributed by atoms with van der Waals surface area (Å²) < 4.78 is 1.69. The molecule has 3 N–H and O–H groups in total. The maximum absolute atomic E-state index is 12.6. The fourth-order valence-corrected chi connectivity index (χ4v) is 2.73. The topological polar surface area (TPSA) is 109 Å². The van der Waals surface area contributed by atoms with Crippen molar-refractivity contribution in [2.75, 3.05) is 6.61 Å². The number of benzene rings is 1.